The van der Waals surface area contributed by atoms with Crippen LogP contribution in [-0.2, 0) is 0 Å². The van der Waals surface area contributed by atoms with E-state index in [4.69, 9.17) is 4.74 Å². The first-order valence-corrected chi connectivity index (χ1v) is 6.65. The second-order valence-electron chi connectivity index (χ2n) is 3.82. The quantitative estimate of drug-likeness (QED) is 0.737. The monoisotopic (exact) mass is 285 g/mol. The van der Waals surface area contributed by atoms with E-state index in [-0.39, 0.29) is 0 Å². The Morgan fingerprint density at radius 1 is 1.06 bits per heavy atom. The van der Waals surface area contributed by atoms with Crippen molar-refractivity contribution in [2.45, 2.75) is 25.7 Å². The summed E-state index contributed by atoms with van der Waals surface area (Å²) < 4.78 is 6.72. The average molecular weight is 286 g/mol. The number of rotatable bonds is 8. The van der Waals surface area contributed by atoms with Gasteiger partial charge in [0.2, 0.25) is 0 Å². The number of hydrogen-bond acceptors (Lipinski definition) is 2. The molecule has 0 aromatic heterocycles. The van der Waals surface area contributed by atoms with Crippen LogP contribution in [0.1, 0.15) is 25.7 Å². The number of nitrogens with one attached hydrogen (secondary N) is 1. The molecule has 0 aliphatic heterocycles. The van der Waals surface area contributed by atoms with Gasteiger partial charge in [0.15, 0.2) is 0 Å². The van der Waals surface area contributed by atoms with E-state index in [2.05, 4.69) is 21.2 Å². The van der Waals surface area contributed by atoms with Crippen LogP contribution in [0.25, 0.3) is 0 Å². The van der Waals surface area contributed by atoms with Gasteiger partial charge in [-0.2, -0.15) is 0 Å². The molecule has 0 bridgehead atoms. The summed E-state index contributed by atoms with van der Waals surface area (Å²) in [7, 11) is 2.00. The van der Waals surface area contributed by atoms with Gasteiger partial charge in [0.25, 0.3) is 0 Å². The smallest absolute Gasteiger partial charge is 0.119 e. The van der Waals surface area contributed by atoms with Crippen LogP contribution < -0.4 is 10.1 Å². The Morgan fingerprint density at radius 3 is 2.44 bits per heavy atom. The lowest BCUT2D eigenvalue weighted by molar-refractivity contribution is 0.304. The standard InChI is InChI=1S/C13H20BrNO/c1-15-10-4-2-3-5-11-16-13-8-6-12(14)7-9-13/h6-9,15H,2-5,10-11H2,1H3. The topological polar surface area (TPSA) is 21.3 Å². The minimum atomic E-state index is 0.821. The van der Waals surface area contributed by atoms with E-state index in [0.29, 0.717) is 0 Å². The van der Waals surface area contributed by atoms with Crippen LogP contribution in [0.4, 0.5) is 0 Å². The van der Waals surface area contributed by atoms with Crippen molar-refractivity contribution >= 4 is 15.9 Å². The number of hydrogen-bond donors (Lipinski definition) is 1. The maximum Gasteiger partial charge on any atom is 0.119 e. The predicted octanol–water partition coefficient (Wildman–Crippen LogP) is 3.61. The SMILES string of the molecule is CNCCCCCCOc1ccc(Br)cc1. The third-order valence-electron chi connectivity index (χ3n) is 2.40. The van der Waals surface area contributed by atoms with Crippen molar-refractivity contribution in [2.75, 3.05) is 20.2 Å². The first-order chi connectivity index (χ1) is 7.83. The van der Waals surface area contributed by atoms with Crippen LogP contribution in [0.2, 0.25) is 0 Å². The van der Waals surface area contributed by atoms with Gasteiger partial charge in [-0.1, -0.05) is 28.8 Å². The summed E-state index contributed by atoms with van der Waals surface area (Å²) >= 11 is 3.40. The van der Waals surface area contributed by atoms with Gasteiger partial charge in [-0.15, -0.1) is 0 Å². The van der Waals surface area contributed by atoms with Crippen molar-refractivity contribution in [1.82, 2.24) is 5.32 Å². The molecule has 0 heterocycles. The van der Waals surface area contributed by atoms with Crippen LogP contribution in [0, 0.1) is 0 Å². The lowest BCUT2D eigenvalue weighted by Crippen LogP contribution is -2.07. The summed E-state index contributed by atoms with van der Waals surface area (Å²) in [6.07, 6.45) is 4.93. The molecule has 0 saturated carbocycles. The molecule has 0 unspecified atom stereocenters. The highest BCUT2D eigenvalue weighted by molar-refractivity contribution is 9.10. The molecule has 90 valence electrons. The third-order valence-corrected chi connectivity index (χ3v) is 2.93. The van der Waals surface area contributed by atoms with Crippen molar-refractivity contribution in [2.24, 2.45) is 0 Å². The zero-order valence-electron chi connectivity index (χ0n) is 9.84. The molecule has 0 aliphatic carbocycles. The highest BCUT2D eigenvalue weighted by Gasteiger charge is 1.94. The van der Waals surface area contributed by atoms with Crippen molar-refractivity contribution in [1.29, 1.82) is 0 Å². The van der Waals surface area contributed by atoms with Gasteiger partial charge < -0.3 is 10.1 Å². The lowest BCUT2D eigenvalue weighted by atomic mass is 10.2. The number of halogens is 1. The molecule has 0 amide bonds. The van der Waals surface area contributed by atoms with Gasteiger partial charge in [-0.3, -0.25) is 0 Å². The second kappa shape index (κ2) is 8.59. The maximum absolute atomic E-state index is 5.63. The molecule has 16 heavy (non-hydrogen) atoms. The Kier molecular flexibility index (Phi) is 7.26. The van der Waals surface area contributed by atoms with Gasteiger partial charge >= 0.3 is 0 Å². The molecule has 0 radical (unpaired) electrons. The summed E-state index contributed by atoms with van der Waals surface area (Å²) in [6, 6.07) is 7.99. The fourth-order valence-electron chi connectivity index (χ4n) is 1.48. The molecule has 2 nitrogen and oxygen atoms in total. The zero-order valence-corrected chi connectivity index (χ0v) is 11.4. The normalized spacial score (nSPS) is 10.4. The van der Waals surface area contributed by atoms with E-state index in [1.165, 1.54) is 19.3 Å². The maximum atomic E-state index is 5.63. The van der Waals surface area contributed by atoms with E-state index in [0.717, 1.165) is 29.8 Å². The molecule has 1 N–H and O–H groups in total. The minimum absolute atomic E-state index is 0.821. The van der Waals surface area contributed by atoms with Crippen LogP contribution in [0.5, 0.6) is 5.75 Å². The Hall–Kier alpha value is -0.540. The summed E-state index contributed by atoms with van der Waals surface area (Å²) in [4.78, 5) is 0. The average Bonchev–Trinajstić information content (AvgIpc) is 2.30. The second-order valence-corrected chi connectivity index (χ2v) is 4.74. The molecule has 0 spiro atoms. The van der Waals surface area contributed by atoms with Crippen molar-refractivity contribution < 1.29 is 4.74 Å². The summed E-state index contributed by atoms with van der Waals surface area (Å²) in [5.74, 6) is 0.957. The molecule has 3 heteroatoms. The number of unbranched alkanes of at least 4 members (excludes halogenated alkanes) is 3. The molecule has 1 aromatic rings. The Balaban J connectivity index is 2.01. The minimum Gasteiger partial charge on any atom is -0.494 e. The first-order valence-electron chi connectivity index (χ1n) is 5.86. The molecule has 0 saturated heterocycles. The van der Waals surface area contributed by atoms with Gasteiger partial charge in [0.1, 0.15) is 5.75 Å². The summed E-state index contributed by atoms with van der Waals surface area (Å²) in [6.45, 7) is 1.94. The van der Waals surface area contributed by atoms with Crippen molar-refractivity contribution in [3.8, 4) is 5.75 Å². The molecular formula is C13H20BrNO. The van der Waals surface area contributed by atoms with Crippen LogP contribution >= 0.6 is 15.9 Å². The number of ether oxygens (including phenoxy) is 1. The van der Waals surface area contributed by atoms with E-state index >= 15 is 0 Å². The van der Waals surface area contributed by atoms with Crippen molar-refractivity contribution in [3.05, 3.63) is 28.7 Å². The van der Waals surface area contributed by atoms with Crippen LogP contribution in [-0.4, -0.2) is 20.2 Å². The molecule has 0 atom stereocenters. The molecule has 0 fully saturated rings. The molecule has 1 rings (SSSR count). The van der Waals surface area contributed by atoms with Gasteiger partial charge in [0.05, 0.1) is 6.61 Å². The largest absolute Gasteiger partial charge is 0.494 e. The zero-order chi connectivity index (χ0) is 11.6. The van der Waals surface area contributed by atoms with E-state index in [1.54, 1.807) is 0 Å². The van der Waals surface area contributed by atoms with E-state index in [1.807, 2.05) is 31.3 Å². The third kappa shape index (κ3) is 6.13. The highest BCUT2D eigenvalue weighted by atomic mass is 79.9. The van der Waals surface area contributed by atoms with Crippen LogP contribution in [0.15, 0.2) is 28.7 Å². The Labute approximate surface area is 107 Å². The van der Waals surface area contributed by atoms with E-state index in [9.17, 15) is 0 Å². The summed E-state index contributed by atoms with van der Waals surface area (Å²) in [5.41, 5.74) is 0. The van der Waals surface area contributed by atoms with Gasteiger partial charge in [0, 0.05) is 4.47 Å². The Morgan fingerprint density at radius 2 is 1.75 bits per heavy atom. The number of benzene rings is 1. The Bertz CT molecular complexity index is 274. The fraction of sp³-hybridized carbons (Fsp3) is 0.538. The van der Waals surface area contributed by atoms with Crippen LogP contribution in [0.3, 0.4) is 0 Å². The van der Waals surface area contributed by atoms with Gasteiger partial charge in [-0.25, -0.2) is 0 Å². The van der Waals surface area contributed by atoms with E-state index < -0.39 is 0 Å². The molecular weight excluding hydrogens is 266 g/mol. The first kappa shape index (κ1) is 13.5. The lowest BCUT2D eigenvalue weighted by Gasteiger charge is -2.06. The van der Waals surface area contributed by atoms with Gasteiger partial charge in [-0.05, 0) is 50.7 Å². The fourth-order valence-corrected chi connectivity index (χ4v) is 1.74. The predicted molar refractivity (Wildman–Crippen MR) is 72.0 cm³/mol. The highest BCUT2D eigenvalue weighted by Crippen LogP contribution is 2.16. The van der Waals surface area contributed by atoms with Crippen molar-refractivity contribution in [3.63, 3.8) is 0 Å². The molecule has 0 aliphatic rings. The summed E-state index contributed by atoms with van der Waals surface area (Å²) in [5, 5.41) is 3.15. The molecule has 1 aromatic carbocycles.